The first-order valence-electron chi connectivity index (χ1n) is 6.79. The molecule has 1 N–H and O–H groups in total. The zero-order chi connectivity index (χ0) is 14.8. The molecule has 0 spiro atoms. The molecule has 0 aliphatic rings. The van der Waals surface area contributed by atoms with E-state index in [1.54, 1.807) is 6.20 Å². The van der Waals surface area contributed by atoms with E-state index in [-0.39, 0.29) is 6.04 Å². The van der Waals surface area contributed by atoms with Crippen LogP contribution in [0, 0.1) is 11.7 Å². The van der Waals surface area contributed by atoms with E-state index in [1.807, 2.05) is 34.1 Å². The second-order valence-corrected chi connectivity index (χ2v) is 6.76. The lowest BCUT2D eigenvalue weighted by Gasteiger charge is -2.14. The van der Waals surface area contributed by atoms with E-state index in [4.69, 9.17) is 12.2 Å². The van der Waals surface area contributed by atoms with Crippen molar-refractivity contribution in [1.29, 1.82) is 0 Å². The Morgan fingerprint density at radius 3 is 2.86 bits per heavy atom. The summed E-state index contributed by atoms with van der Waals surface area (Å²) in [7, 11) is 0. The molecule has 1 atom stereocenters. The fourth-order valence-electron chi connectivity index (χ4n) is 2.37. The highest BCUT2D eigenvalue weighted by atomic mass is 32.1. The van der Waals surface area contributed by atoms with Gasteiger partial charge >= 0.3 is 0 Å². The fraction of sp³-hybridized carbons (Fsp3) is 0.267. The summed E-state index contributed by atoms with van der Waals surface area (Å²) in [6.45, 7) is 4.29. The number of aromatic amines is 1. The number of pyridine rings is 1. The Bertz CT molecular complexity index is 785. The molecule has 3 aromatic rings. The van der Waals surface area contributed by atoms with Crippen LogP contribution in [-0.2, 0) is 6.42 Å². The van der Waals surface area contributed by atoms with E-state index in [9.17, 15) is 0 Å². The molecule has 0 amide bonds. The molecule has 4 nitrogen and oxygen atoms in total. The maximum atomic E-state index is 5.39. The Hall–Kier alpha value is -1.79. The zero-order valence-electron chi connectivity index (χ0n) is 11.9. The Labute approximate surface area is 132 Å². The molecule has 3 heterocycles. The monoisotopic (exact) mass is 316 g/mol. The summed E-state index contributed by atoms with van der Waals surface area (Å²) in [5.41, 5.74) is 0.832. The minimum atomic E-state index is 0.228. The first kappa shape index (κ1) is 14.2. The Morgan fingerprint density at radius 2 is 2.19 bits per heavy atom. The highest BCUT2D eigenvalue weighted by Gasteiger charge is 2.16. The Morgan fingerprint density at radius 1 is 1.33 bits per heavy atom. The first-order valence-corrected chi connectivity index (χ1v) is 8.01. The summed E-state index contributed by atoms with van der Waals surface area (Å²) >= 11 is 7.22. The van der Waals surface area contributed by atoms with Crippen molar-refractivity contribution < 1.29 is 0 Å². The maximum Gasteiger partial charge on any atom is 0.195 e. The zero-order valence-corrected chi connectivity index (χ0v) is 13.5. The molecule has 1 unspecified atom stereocenters. The van der Waals surface area contributed by atoms with E-state index in [0.29, 0.717) is 4.77 Å². The van der Waals surface area contributed by atoms with Gasteiger partial charge in [0.05, 0.1) is 0 Å². The van der Waals surface area contributed by atoms with Crippen LogP contribution < -0.4 is 0 Å². The molecule has 0 aliphatic heterocycles. The molecule has 3 rings (SSSR count). The molecule has 0 saturated carbocycles. The number of aromatic nitrogens is 4. The predicted octanol–water partition coefficient (Wildman–Crippen LogP) is 4.18. The summed E-state index contributed by atoms with van der Waals surface area (Å²) in [5, 5.41) is 7.23. The van der Waals surface area contributed by atoms with Crippen molar-refractivity contribution in [2.24, 2.45) is 0 Å². The maximum absolute atomic E-state index is 5.39. The average molecular weight is 316 g/mol. The second-order valence-electron chi connectivity index (χ2n) is 5.00. The van der Waals surface area contributed by atoms with Gasteiger partial charge in [0, 0.05) is 28.4 Å². The van der Waals surface area contributed by atoms with Gasteiger partial charge in [0.15, 0.2) is 10.6 Å². The number of aryl methyl sites for hydroxylation is 1. The molecular weight excluding hydrogens is 300 g/mol. The van der Waals surface area contributed by atoms with Crippen molar-refractivity contribution in [3.05, 3.63) is 51.1 Å². The molecule has 108 valence electrons. The largest absolute Gasteiger partial charge is 0.296 e. The van der Waals surface area contributed by atoms with Gasteiger partial charge in [-0.2, -0.15) is 5.10 Å². The Balaban J connectivity index is 1.95. The van der Waals surface area contributed by atoms with Crippen LogP contribution in [0.3, 0.4) is 0 Å². The molecular formula is C15H16N4S2. The van der Waals surface area contributed by atoms with Crippen LogP contribution in [0.1, 0.15) is 22.7 Å². The molecule has 0 aromatic carbocycles. The lowest BCUT2D eigenvalue weighted by molar-refractivity contribution is 0.545. The van der Waals surface area contributed by atoms with E-state index < -0.39 is 0 Å². The van der Waals surface area contributed by atoms with Gasteiger partial charge < -0.3 is 0 Å². The summed E-state index contributed by atoms with van der Waals surface area (Å²) in [6, 6.07) is 10.4. The predicted molar refractivity (Wildman–Crippen MR) is 88.1 cm³/mol. The van der Waals surface area contributed by atoms with Crippen LogP contribution in [0.15, 0.2) is 36.5 Å². The van der Waals surface area contributed by atoms with E-state index in [1.165, 1.54) is 9.75 Å². The van der Waals surface area contributed by atoms with Crippen molar-refractivity contribution in [1.82, 2.24) is 19.7 Å². The molecule has 0 bridgehead atoms. The molecule has 21 heavy (non-hydrogen) atoms. The third-order valence-electron chi connectivity index (χ3n) is 3.33. The lowest BCUT2D eigenvalue weighted by atomic mass is 10.2. The van der Waals surface area contributed by atoms with Crippen molar-refractivity contribution >= 4 is 23.6 Å². The minimum Gasteiger partial charge on any atom is -0.296 e. The highest BCUT2D eigenvalue weighted by Crippen LogP contribution is 2.25. The standard InChI is InChI=1S/C15H16N4S2/c1-10(9-12-7-6-11(2)21-12)19-14(17-18-15(19)20)13-5-3-4-8-16-13/h3-8,10H,9H2,1-2H3,(H,18,20). The van der Waals surface area contributed by atoms with E-state index in [0.717, 1.165) is 17.9 Å². The number of nitrogens with zero attached hydrogens (tertiary/aromatic N) is 3. The van der Waals surface area contributed by atoms with Crippen LogP contribution in [-0.4, -0.2) is 19.7 Å². The molecule has 0 fully saturated rings. The van der Waals surface area contributed by atoms with Crippen LogP contribution in [0.5, 0.6) is 0 Å². The lowest BCUT2D eigenvalue weighted by Crippen LogP contribution is -2.10. The third kappa shape index (κ3) is 2.96. The first-order chi connectivity index (χ1) is 10.1. The number of rotatable bonds is 4. The highest BCUT2D eigenvalue weighted by molar-refractivity contribution is 7.71. The number of H-pyrrole nitrogens is 1. The van der Waals surface area contributed by atoms with Crippen molar-refractivity contribution in [3.63, 3.8) is 0 Å². The molecule has 0 aliphatic carbocycles. The fourth-order valence-corrected chi connectivity index (χ4v) is 3.69. The summed E-state index contributed by atoms with van der Waals surface area (Å²) in [5.74, 6) is 0.793. The molecule has 0 saturated heterocycles. The third-order valence-corrected chi connectivity index (χ3v) is 4.64. The van der Waals surface area contributed by atoms with Crippen molar-refractivity contribution in [2.45, 2.75) is 26.3 Å². The number of hydrogen-bond donors (Lipinski definition) is 1. The van der Waals surface area contributed by atoms with Gasteiger partial charge in [-0.1, -0.05) is 6.07 Å². The topological polar surface area (TPSA) is 46.5 Å². The van der Waals surface area contributed by atoms with Crippen LogP contribution >= 0.6 is 23.6 Å². The van der Waals surface area contributed by atoms with Gasteiger partial charge in [-0.05, 0) is 50.3 Å². The smallest absolute Gasteiger partial charge is 0.195 e. The van der Waals surface area contributed by atoms with Crippen molar-refractivity contribution in [2.75, 3.05) is 0 Å². The van der Waals surface area contributed by atoms with Gasteiger partial charge in [-0.25, -0.2) is 0 Å². The summed E-state index contributed by atoms with van der Waals surface area (Å²) < 4.78 is 2.68. The van der Waals surface area contributed by atoms with Gasteiger partial charge in [0.1, 0.15) is 5.69 Å². The SMILES string of the molecule is Cc1ccc(CC(C)n2c(-c3ccccn3)n[nH]c2=S)s1. The average Bonchev–Trinajstić information content (AvgIpc) is 3.06. The Kier molecular flexibility index (Phi) is 3.98. The molecule has 6 heteroatoms. The van der Waals surface area contributed by atoms with Gasteiger partial charge in [-0.3, -0.25) is 14.6 Å². The summed E-state index contributed by atoms with van der Waals surface area (Å²) in [6.07, 6.45) is 2.71. The van der Waals surface area contributed by atoms with E-state index >= 15 is 0 Å². The van der Waals surface area contributed by atoms with Gasteiger partial charge in [0.25, 0.3) is 0 Å². The van der Waals surface area contributed by atoms with Crippen LogP contribution in [0.2, 0.25) is 0 Å². The van der Waals surface area contributed by atoms with E-state index in [2.05, 4.69) is 41.2 Å². The van der Waals surface area contributed by atoms with Crippen LogP contribution in [0.4, 0.5) is 0 Å². The number of hydrogen-bond acceptors (Lipinski definition) is 4. The van der Waals surface area contributed by atoms with Gasteiger partial charge in [0.2, 0.25) is 0 Å². The van der Waals surface area contributed by atoms with Crippen molar-refractivity contribution in [3.8, 4) is 11.5 Å². The number of thiophene rings is 1. The molecule has 3 aromatic heterocycles. The normalized spacial score (nSPS) is 12.5. The van der Waals surface area contributed by atoms with Crippen LogP contribution in [0.25, 0.3) is 11.5 Å². The quantitative estimate of drug-likeness (QED) is 0.735. The van der Waals surface area contributed by atoms with Gasteiger partial charge in [-0.15, -0.1) is 11.3 Å². The molecule has 0 radical (unpaired) electrons. The minimum absolute atomic E-state index is 0.228. The summed E-state index contributed by atoms with van der Waals surface area (Å²) in [4.78, 5) is 7.06. The second kappa shape index (κ2) is 5.91. The number of nitrogens with one attached hydrogen (secondary N) is 1.